The average molecular weight is 463 g/mol. The lowest BCUT2D eigenvalue weighted by Crippen LogP contribution is -2.58. The second-order valence-electron chi connectivity index (χ2n) is 7.71. The van der Waals surface area contributed by atoms with Crippen LogP contribution in [0.1, 0.15) is 24.8 Å². The number of aliphatic hydroxyl groups is 1. The molecule has 0 radical (unpaired) electrons. The van der Waals surface area contributed by atoms with Crippen LogP contribution in [-0.4, -0.2) is 77.1 Å². The van der Waals surface area contributed by atoms with Gasteiger partial charge in [0.15, 0.2) is 0 Å². The zero-order valence-corrected chi connectivity index (χ0v) is 18.0. The third-order valence-electron chi connectivity index (χ3n) is 5.13. The van der Waals surface area contributed by atoms with E-state index < -0.39 is 60.9 Å². The third kappa shape index (κ3) is 8.16. The van der Waals surface area contributed by atoms with Crippen molar-refractivity contribution in [3.63, 3.8) is 0 Å². The molecule has 4 amide bonds. The largest absolute Gasteiger partial charge is 0.480 e. The molecule has 0 spiro atoms. The predicted molar refractivity (Wildman–Crippen MR) is 115 cm³/mol. The summed E-state index contributed by atoms with van der Waals surface area (Å²) < 4.78 is 0. The number of carbonyl (C=O) groups is 5. The number of hydrogen-bond donors (Lipinski definition) is 7. The Morgan fingerprint density at radius 3 is 2.18 bits per heavy atom. The van der Waals surface area contributed by atoms with Gasteiger partial charge in [0.1, 0.15) is 18.1 Å². The molecule has 1 heterocycles. The van der Waals surface area contributed by atoms with E-state index in [2.05, 4.69) is 21.3 Å². The number of primary amides is 1. The number of rotatable bonds is 12. The van der Waals surface area contributed by atoms with Crippen LogP contribution in [0.15, 0.2) is 30.3 Å². The number of aliphatic carboxylic acids is 1. The zero-order valence-electron chi connectivity index (χ0n) is 18.0. The van der Waals surface area contributed by atoms with Crippen LogP contribution in [0.25, 0.3) is 0 Å². The molecule has 1 aromatic rings. The van der Waals surface area contributed by atoms with Crippen LogP contribution in [0.3, 0.4) is 0 Å². The van der Waals surface area contributed by atoms with Gasteiger partial charge in [-0.2, -0.15) is 0 Å². The van der Waals surface area contributed by atoms with Crippen LogP contribution in [-0.2, 0) is 30.4 Å². The molecule has 12 heteroatoms. The Hall–Kier alpha value is -3.51. The first-order chi connectivity index (χ1) is 15.7. The van der Waals surface area contributed by atoms with E-state index in [-0.39, 0.29) is 12.3 Å². The maximum atomic E-state index is 12.9. The Balaban J connectivity index is 2.10. The molecule has 0 aliphatic carbocycles. The standard InChI is InChI=1S/C21H29N5O7/c22-17(28)10-15(21(32)33)25-20(31)16(11-27)26-19(30)14(9-12-5-2-1-3-6-12)24-18(29)13-7-4-8-23-13/h1-3,5-6,13-16,23,27H,4,7-11H2,(H2,22,28)(H,24,29)(H,25,31)(H,26,30)(H,32,33). The van der Waals surface area contributed by atoms with Crippen molar-refractivity contribution in [2.45, 2.75) is 49.9 Å². The van der Waals surface area contributed by atoms with Gasteiger partial charge in [0, 0.05) is 6.42 Å². The van der Waals surface area contributed by atoms with Crippen molar-refractivity contribution in [1.82, 2.24) is 21.3 Å². The van der Waals surface area contributed by atoms with E-state index in [0.717, 1.165) is 12.0 Å². The van der Waals surface area contributed by atoms with E-state index in [1.54, 1.807) is 30.3 Å². The quantitative estimate of drug-likeness (QED) is 0.175. The summed E-state index contributed by atoms with van der Waals surface area (Å²) in [5.74, 6) is -4.55. The Kier molecular flexibility index (Phi) is 9.76. The van der Waals surface area contributed by atoms with Gasteiger partial charge in [0.05, 0.1) is 19.1 Å². The monoisotopic (exact) mass is 463 g/mol. The van der Waals surface area contributed by atoms with Gasteiger partial charge in [-0.3, -0.25) is 19.2 Å². The first kappa shape index (κ1) is 25.7. The normalized spacial score (nSPS) is 17.9. The van der Waals surface area contributed by atoms with Gasteiger partial charge in [0.25, 0.3) is 0 Å². The van der Waals surface area contributed by atoms with Gasteiger partial charge in [-0.1, -0.05) is 30.3 Å². The fraction of sp³-hybridized carbons (Fsp3) is 0.476. The Morgan fingerprint density at radius 1 is 1.00 bits per heavy atom. The molecule has 2 rings (SSSR count). The van der Waals surface area contributed by atoms with Gasteiger partial charge < -0.3 is 37.2 Å². The molecule has 180 valence electrons. The SMILES string of the molecule is NC(=O)CC(NC(=O)C(CO)NC(=O)C(Cc1ccccc1)NC(=O)C1CCCN1)C(=O)O. The van der Waals surface area contributed by atoms with Gasteiger partial charge in [-0.05, 0) is 24.9 Å². The van der Waals surface area contributed by atoms with E-state index in [1.165, 1.54) is 0 Å². The molecule has 4 atom stereocenters. The van der Waals surface area contributed by atoms with Crippen molar-refractivity contribution < 1.29 is 34.2 Å². The smallest absolute Gasteiger partial charge is 0.326 e. The summed E-state index contributed by atoms with van der Waals surface area (Å²) in [7, 11) is 0. The van der Waals surface area contributed by atoms with Gasteiger partial charge >= 0.3 is 5.97 Å². The maximum Gasteiger partial charge on any atom is 0.326 e. The summed E-state index contributed by atoms with van der Waals surface area (Å²) in [5, 5.41) is 28.9. The lowest BCUT2D eigenvalue weighted by molar-refractivity contribution is -0.144. The highest BCUT2D eigenvalue weighted by Crippen LogP contribution is 2.08. The molecule has 1 fully saturated rings. The number of nitrogens with two attached hydrogens (primary N) is 1. The van der Waals surface area contributed by atoms with Crippen LogP contribution >= 0.6 is 0 Å². The van der Waals surface area contributed by atoms with Gasteiger partial charge in [-0.25, -0.2) is 4.79 Å². The highest BCUT2D eigenvalue weighted by atomic mass is 16.4. The molecule has 1 aliphatic rings. The fourth-order valence-corrected chi connectivity index (χ4v) is 3.38. The lowest BCUT2D eigenvalue weighted by Gasteiger charge is -2.24. The Bertz CT molecular complexity index is 858. The minimum Gasteiger partial charge on any atom is -0.480 e. The van der Waals surface area contributed by atoms with E-state index >= 15 is 0 Å². The Morgan fingerprint density at radius 2 is 1.64 bits per heavy atom. The molecule has 0 bridgehead atoms. The van der Waals surface area contributed by atoms with Crippen molar-refractivity contribution in [3.05, 3.63) is 35.9 Å². The first-order valence-electron chi connectivity index (χ1n) is 10.5. The fourth-order valence-electron chi connectivity index (χ4n) is 3.38. The number of amides is 4. The van der Waals surface area contributed by atoms with Crippen molar-refractivity contribution in [2.24, 2.45) is 5.73 Å². The van der Waals surface area contributed by atoms with Crippen LogP contribution in [0, 0.1) is 0 Å². The number of carboxylic acids is 1. The summed E-state index contributed by atoms with van der Waals surface area (Å²) in [6.07, 6.45) is 0.929. The lowest BCUT2D eigenvalue weighted by atomic mass is 10.0. The van der Waals surface area contributed by atoms with Crippen LogP contribution in [0.5, 0.6) is 0 Å². The number of carbonyl (C=O) groups excluding carboxylic acids is 4. The van der Waals surface area contributed by atoms with Gasteiger partial charge in [-0.15, -0.1) is 0 Å². The second kappa shape index (κ2) is 12.5. The molecule has 1 saturated heterocycles. The van der Waals surface area contributed by atoms with Crippen molar-refractivity contribution in [1.29, 1.82) is 0 Å². The number of nitrogens with one attached hydrogen (secondary N) is 4. The Labute approximate surface area is 190 Å². The van der Waals surface area contributed by atoms with Crippen molar-refractivity contribution in [3.8, 4) is 0 Å². The van der Waals surface area contributed by atoms with Crippen LogP contribution in [0.2, 0.25) is 0 Å². The molecule has 8 N–H and O–H groups in total. The van der Waals surface area contributed by atoms with Crippen molar-refractivity contribution >= 4 is 29.6 Å². The van der Waals surface area contributed by atoms with E-state index in [4.69, 9.17) is 10.8 Å². The number of hydrogen-bond acceptors (Lipinski definition) is 7. The molecule has 0 saturated carbocycles. The second-order valence-corrected chi connectivity index (χ2v) is 7.71. The van der Waals surface area contributed by atoms with Crippen molar-refractivity contribution in [2.75, 3.05) is 13.2 Å². The minimum absolute atomic E-state index is 0.129. The third-order valence-corrected chi connectivity index (χ3v) is 5.13. The maximum absolute atomic E-state index is 12.9. The summed E-state index contributed by atoms with van der Waals surface area (Å²) in [6, 6.07) is 4.30. The average Bonchev–Trinajstić information content (AvgIpc) is 3.31. The molecule has 1 aromatic carbocycles. The minimum atomic E-state index is -1.62. The molecule has 4 unspecified atom stereocenters. The van der Waals surface area contributed by atoms with Crippen LogP contribution < -0.4 is 27.0 Å². The predicted octanol–water partition coefficient (Wildman–Crippen LogP) is -2.61. The van der Waals surface area contributed by atoms with Gasteiger partial charge in [0.2, 0.25) is 23.6 Å². The molecule has 33 heavy (non-hydrogen) atoms. The van der Waals surface area contributed by atoms with E-state index in [1.807, 2.05) is 0 Å². The molecular weight excluding hydrogens is 434 g/mol. The zero-order chi connectivity index (χ0) is 24.4. The molecule has 12 nitrogen and oxygen atoms in total. The number of benzene rings is 1. The molecule has 1 aliphatic heterocycles. The summed E-state index contributed by atoms with van der Waals surface area (Å²) in [6.45, 7) is -0.146. The van der Waals surface area contributed by atoms with E-state index in [0.29, 0.717) is 13.0 Å². The highest BCUT2D eigenvalue weighted by Gasteiger charge is 2.31. The molecular formula is C21H29N5O7. The van der Waals surface area contributed by atoms with Crippen LogP contribution in [0.4, 0.5) is 0 Å². The highest BCUT2D eigenvalue weighted by molar-refractivity contribution is 5.95. The van der Waals surface area contributed by atoms with E-state index in [9.17, 15) is 29.1 Å². The summed E-state index contributed by atoms with van der Waals surface area (Å²) in [4.78, 5) is 60.2. The first-order valence-corrected chi connectivity index (χ1v) is 10.5. The summed E-state index contributed by atoms with van der Waals surface area (Å²) in [5.41, 5.74) is 5.75. The number of carboxylic acid groups (broad SMARTS) is 1. The summed E-state index contributed by atoms with van der Waals surface area (Å²) >= 11 is 0. The number of aliphatic hydroxyl groups excluding tert-OH is 1. The molecule has 0 aromatic heterocycles. The topological polar surface area (TPSA) is 200 Å².